The lowest BCUT2D eigenvalue weighted by Crippen LogP contribution is -2.26. The number of rotatable bonds is 16. The molecular formula is C19H29NO8. The van der Waals surface area contributed by atoms with Crippen molar-refractivity contribution < 1.29 is 38.1 Å². The molecule has 0 saturated carbocycles. The average Bonchev–Trinajstić information content (AvgIpc) is 2.69. The SMILES string of the molecule is C=CC(=O)OCCOC(=O)CCCCCCCNC(=O)OCCOC(=O)C=C. The predicted molar refractivity (Wildman–Crippen MR) is 100 cm³/mol. The Balaban J connectivity index is 3.38. The van der Waals surface area contributed by atoms with E-state index in [-0.39, 0.29) is 32.4 Å². The van der Waals surface area contributed by atoms with Gasteiger partial charge in [0.05, 0.1) is 0 Å². The van der Waals surface area contributed by atoms with Gasteiger partial charge in [0.25, 0.3) is 0 Å². The van der Waals surface area contributed by atoms with Crippen LogP contribution < -0.4 is 5.32 Å². The quantitative estimate of drug-likeness (QED) is 0.181. The topological polar surface area (TPSA) is 117 Å². The van der Waals surface area contributed by atoms with E-state index in [1.54, 1.807) is 0 Å². The highest BCUT2D eigenvalue weighted by Crippen LogP contribution is 2.06. The molecular weight excluding hydrogens is 370 g/mol. The van der Waals surface area contributed by atoms with E-state index in [4.69, 9.17) is 9.47 Å². The molecule has 0 aromatic carbocycles. The number of alkyl carbamates (subject to hydrolysis) is 1. The van der Waals surface area contributed by atoms with Crippen LogP contribution in [0.4, 0.5) is 4.79 Å². The summed E-state index contributed by atoms with van der Waals surface area (Å²) in [6, 6.07) is 0. The lowest BCUT2D eigenvalue weighted by Gasteiger charge is -2.07. The number of hydrogen-bond donors (Lipinski definition) is 1. The summed E-state index contributed by atoms with van der Waals surface area (Å²) in [7, 11) is 0. The lowest BCUT2D eigenvalue weighted by atomic mass is 10.1. The van der Waals surface area contributed by atoms with Gasteiger partial charge < -0.3 is 24.3 Å². The van der Waals surface area contributed by atoms with Crippen molar-refractivity contribution in [3.05, 3.63) is 25.3 Å². The van der Waals surface area contributed by atoms with E-state index in [9.17, 15) is 19.2 Å². The van der Waals surface area contributed by atoms with Crippen molar-refractivity contribution in [1.29, 1.82) is 0 Å². The van der Waals surface area contributed by atoms with Crippen LogP contribution in [0.25, 0.3) is 0 Å². The number of ether oxygens (including phenoxy) is 4. The minimum Gasteiger partial charge on any atom is -0.462 e. The molecule has 9 heteroatoms. The van der Waals surface area contributed by atoms with Crippen molar-refractivity contribution >= 4 is 24.0 Å². The molecule has 1 N–H and O–H groups in total. The third kappa shape index (κ3) is 16.6. The summed E-state index contributed by atoms with van der Waals surface area (Å²) in [4.78, 5) is 44.3. The molecule has 0 rings (SSSR count). The molecule has 158 valence electrons. The Kier molecular flexibility index (Phi) is 15.8. The Morgan fingerprint density at radius 2 is 1.18 bits per heavy atom. The zero-order chi connectivity index (χ0) is 21.0. The molecule has 0 radical (unpaired) electrons. The number of carbonyl (C=O) groups excluding carboxylic acids is 4. The van der Waals surface area contributed by atoms with Gasteiger partial charge in [-0.15, -0.1) is 0 Å². The molecule has 0 aliphatic heterocycles. The van der Waals surface area contributed by atoms with Gasteiger partial charge in [0, 0.05) is 25.1 Å². The summed E-state index contributed by atoms with van der Waals surface area (Å²) in [5.41, 5.74) is 0. The standard InChI is InChI=1S/C19H29NO8/c1-3-16(21)25-12-13-27-18(23)10-8-6-5-7-9-11-20-19(24)28-15-14-26-17(22)4-2/h3-4H,1-2,5-15H2,(H,20,24). The van der Waals surface area contributed by atoms with Gasteiger partial charge >= 0.3 is 24.0 Å². The van der Waals surface area contributed by atoms with Crippen LogP contribution in [0.1, 0.15) is 38.5 Å². The van der Waals surface area contributed by atoms with Crippen LogP contribution in [0, 0.1) is 0 Å². The number of esters is 3. The minimum absolute atomic E-state index is 0.0132. The second kappa shape index (κ2) is 17.6. The Morgan fingerprint density at radius 3 is 1.79 bits per heavy atom. The van der Waals surface area contributed by atoms with Gasteiger partial charge in [-0.3, -0.25) is 4.79 Å². The van der Waals surface area contributed by atoms with Crippen LogP contribution in [0.5, 0.6) is 0 Å². The summed E-state index contributed by atoms with van der Waals surface area (Å²) in [5, 5.41) is 2.60. The average molecular weight is 399 g/mol. The molecule has 0 saturated heterocycles. The van der Waals surface area contributed by atoms with Crippen LogP contribution in [-0.2, 0) is 33.3 Å². The first kappa shape index (κ1) is 25.2. The molecule has 0 atom stereocenters. The highest BCUT2D eigenvalue weighted by atomic mass is 16.6. The van der Waals surface area contributed by atoms with Crippen molar-refractivity contribution in [2.75, 3.05) is 33.0 Å². The third-order valence-corrected chi connectivity index (χ3v) is 3.31. The first-order valence-corrected chi connectivity index (χ1v) is 9.14. The van der Waals surface area contributed by atoms with Gasteiger partial charge in [0.2, 0.25) is 0 Å². The zero-order valence-electron chi connectivity index (χ0n) is 16.1. The summed E-state index contributed by atoms with van der Waals surface area (Å²) in [6.07, 6.45) is 6.05. The Bertz CT molecular complexity index is 472. The molecule has 0 heterocycles. The van der Waals surface area contributed by atoms with Crippen LogP contribution in [0.3, 0.4) is 0 Å². The van der Waals surface area contributed by atoms with Gasteiger partial charge in [-0.25, -0.2) is 14.4 Å². The lowest BCUT2D eigenvalue weighted by molar-refractivity contribution is -0.149. The smallest absolute Gasteiger partial charge is 0.407 e. The summed E-state index contributed by atoms with van der Waals surface area (Å²) in [5.74, 6) is -1.43. The second-order valence-corrected chi connectivity index (χ2v) is 5.54. The normalized spacial score (nSPS) is 9.71. The number of carbonyl (C=O) groups is 4. The fourth-order valence-corrected chi connectivity index (χ4v) is 1.93. The van der Waals surface area contributed by atoms with Gasteiger partial charge in [0.15, 0.2) is 0 Å². The largest absolute Gasteiger partial charge is 0.462 e. The first-order valence-electron chi connectivity index (χ1n) is 9.14. The molecule has 28 heavy (non-hydrogen) atoms. The summed E-state index contributed by atoms with van der Waals surface area (Å²) in [6.45, 7) is 7.02. The van der Waals surface area contributed by atoms with E-state index in [0.717, 1.165) is 37.8 Å². The van der Waals surface area contributed by atoms with Crippen LogP contribution in [-0.4, -0.2) is 57.0 Å². The van der Waals surface area contributed by atoms with Crippen LogP contribution in [0.15, 0.2) is 25.3 Å². The van der Waals surface area contributed by atoms with Crippen LogP contribution in [0.2, 0.25) is 0 Å². The highest BCUT2D eigenvalue weighted by Gasteiger charge is 2.04. The number of nitrogens with one attached hydrogen (secondary N) is 1. The van der Waals surface area contributed by atoms with E-state index in [1.807, 2.05) is 0 Å². The van der Waals surface area contributed by atoms with E-state index in [1.165, 1.54) is 0 Å². The monoisotopic (exact) mass is 399 g/mol. The molecule has 0 bridgehead atoms. The fourth-order valence-electron chi connectivity index (χ4n) is 1.93. The highest BCUT2D eigenvalue weighted by molar-refractivity contribution is 5.81. The molecule has 0 aromatic heterocycles. The Hall–Kier alpha value is -2.84. The zero-order valence-corrected chi connectivity index (χ0v) is 16.1. The molecule has 0 spiro atoms. The maximum Gasteiger partial charge on any atom is 0.407 e. The van der Waals surface area contributed by atoms with E-state index in [0.29, 0.717) is 19.4 Å². The molecule has 0 aliphatic carbocycles. The molecule has 9 nitrogen and oxygen atoms in total. The van der Waals surface area contributed by atoms with Gasteiger partial charge in [0.1, 0.15) is 26.4 Å². The van der Waals surface area contributed by atoms with Crippen molar-refractivity contribution in [1.82, 2.24) is 5.32 Å². The van der Waals surface area contributed by atoms with E-state index >= 15 is 0 Å². The molecule has 0 aromatic rings. The van der Waals surface area contributed by atoms with E-state index < -0.39 is 18.0 Å². The van der Waals surface area contributed by atoms with Gasteiger partial charge in [-0.1, -0.05) is 32.4 Å². The van der Waals surface area contributed by atoms with Crippen molar-refractivity contribution in [2.45, 2.75) is 38.5 Å². The Morgan fingerprint density at radius 1 is 0.679 bits per heavy atom. The molecule has 0 fully saturated rings. The fraction of sp³-hybridized carbons (Fsp3) is 0.579. The summed E-state index contributed by atoms with van der Waals surface area (Å²) >= 11 is 0. The van der Waals surface area contributed by atoms with Gasteiger partial charge in [-0.2, -0.15) is 0 Å². The first-order chi connectivity index (χ1) is 13.5. The number of hydrogen-bond acceptors (Lipinski definition) is 8. The number of unbranched alkanes of at least 4 members (excludes halogenated alkanes) is 4. The molecule has 0 aliphatic rings. The van der Waals surface area contributed by atoms with Crippen molar-refractivity contribution in [2.24, 2.45) is 0 Å². The summed E-state index contributed by atoms with van der Waals surface area (Å²) < 4.78 is 19.1. The van der Waals surface area contributed by atoms with Gasteiger partial charge in [-0.05, 0) is 12.8 Å². The van der Waals surface area contributed by atoms with Crippen molar-refractivity contribution in [3.8, 4) is 0 Å². The van der Waals surface area contributed by atoms with Crippen LogP contribution >= 0.6 is 0 Å². The predicted octanol–water partition coefficient (Wildman–Crippen LogP) is 2.05. The molecule has 0 unspecified atom stereocenters. The minimum atomic E-state index is -0.564. The van der Waals surface area contributed by atoms with Crippen molar-refractivity contribution in [3.63, 3.8) is 0 Å². The molecule has 1 amide bonds. The third-order valence-electron chi connectivity index (χ3n) is 3.31. The number of amides is 1. The maximum atomic E-state index is 11.5. The van der Waals surface area contributed by atoms with E-state index in [2.05, 4.69) is 27.9 Å². The Labute approximate surface area is 165 Å². The second-order valence-electron chi connectivity index (χ2n) is 5.54. The maximum absolute atomic E-state index is 11.5.